The van der Waals surface area contributed by atoms with Crippen molar-refractivity contribution in [3.8, 4) is 0 Å². The van der Waals surface area contributed by atoms with E-state index in [1.165, 1.54) is 77.0 Å². The van der Waals surface area contributed by atoms with Gasteiger partial charge in [-0.3, -0.25) is 4.98 Å². The molecule has 0 spiro atoms. The lowest BCUT2D eigenvalue weighted by Gasteiger charge is -2.10. The number of rotatable bonds is 5. The van der Waals surface area contributed by atoms with Crippen LogP contribution in [0.25, 0.3) is 5.57 Å². The molecular weight excluding hydrogens is 374 g/mol. The Balaban J connectivity index is 0.000000410. The zero-order valence-electron chi connectivity index (χ0n) is 21.3. The van der Waals surface area contributed by atoms with Crippen molar-refractivity contribution in [2.75, 3.05) is 0 Å². The van der Waals surface area contributed by atoms with Gasteiger partial charge in [0.25, 0.3) is 0 Å². The van der Waals surface area contributed by atoms with Crippen LogP contribution in [-0.2, 0) is 0 Å². The Morgan fingerprint density at radius 2 is 1.42 bits per heavy atom. The average molecular weight is 424 g/mol. The Kier molecular flexibility index (Phi) is 18.8. The van der Waals surface area contributed by atoms with Gasteiger partial charge in [-0.25, -0.2) is 0 Å². The largest absolute Gasteiger partial charge is 0.261 e. The Morgan fingerprint density at radius 3 is 1.71 bits per heavy atom. The van der Waals surface area contributed by atoms with Gasteiger partial charge in [-0.05, 0) is 102 Å². The summed E-state index contributed by atoms with van der Waals surface area (Å²) in [6.45, 7) is 17.5. The number of aryl methyl sites for hydroxylation is 1. The van der Waals surface area contributed by atoms with E-state index < -0.39 is 0 Å². The topological polar surface area (TPSA) is 12.9 Å². The van der Waals surface area contributed by atoms with Crippen LogP contribution >= 0.6 is 0 Å². The van der Waals surface area contributed by atoms with Crippen LogP contribution in [0.5, 0.6) is 0 Å². The molecule has 0 saturated heterocycles. The number of hydrogen-bond acceptors (Lipinski definition) is 1. The van der Waals surface area contributed by atoms with Crippen molar-refractivity contribution in [3.05, 3.63) is 72.1 Å². The van der Waals surface area contributed by atoms with Crippen LogP contribution in [-0.4, -0.2) is 4.98 Å². The van der Waals surface area contributed by atoms with E-state index in [0.717, 1.165) is 16.8 Å². The molecule has 2 aliphatic carbocycles. The van der Waals surface area contributed by atoms with Gasteiger partial charge in [-0.1, -0.05) is 68.7 Å². The van der Waals surface area contributed by atoms with Crippen LogP contribution in [0.15, 0.2) is 60.9 Å². The highest BCUT2D eigenvalue weighted by molar-refractivity contribution is 5.60. The van der Waals surface area contributed by atoms with Gasteiger partial charge >= 0.3 is 0 Å². The first-order valence-electron chi connectivity index (χ1n) is 12.5. The number of allylic oxidation sites excluding steroid dienone is 6. The molecule has 3 rings (SSSR count). The minimum absolute atomic E-state index is 1.05. The van der Waals surface area contributed by atoms with Crippen LogP contribution in [0.4, 0.5) is 0 Å². The average Bonchev–Trinajstić information content (AvgIpc) is 2.78. The van der Waals surface area contributed by atoms with Gasteiger partial charge in [0.1, 0.15) is 0 Å². The third-order valence-corrected chi connectivity index (χ3v) is 5.32. The van der Waals surface area contributed by atoms with E-state index in [-0.39, 0.29) is 0 Å². The highest BCUT2D eigenvalue weighted by atomic mass is 14.7. The molecule has 0 atom stereocenters. The normalized spacial score (nSPS) is 14.7. The minimum atomic E-state index is 1.05. The summed E-state index contributed by atoms with van der Waals surface area (Å²) in [5.41, 5.74) is 6.65. The van der Waals surface area contributed by atoms with E-state index in [2.05, 4.69) is 44.1 Å². The Labute approximate surface area is 194 Å². The van der Waals surface area contributed by atoms with Crippen LogP contribution in [0, 0.1) is 6.92 Å². The van der Waals surface area contributed by atoms with Gasteiger partial charge < -0.3 is 0 Å². The molecular formula is C30H49N. The van der Waals surface area contributed by atoms with Crippen LogP contribution < -0.4 is 0 Å². The molecule has 1 heteroatoms. The van der Waals surface area contributed by atoms with Crippen LogP contribution in [0.1, 0.15) is 116 Å². The van der Waals surface area contributed by atoms with E-state index in [0.29, 0.717) is 0 Å². The second kappa shape index (κ2) is 20.0. The van der Waals surface area contributed by atoms with E-state index in [4.69, 9.17) is 0 Å². The maximum absolute atomic E-state index is 4.14. The molecule has 1 heterocycles. The molecule has 0 aromatic carbocycles. The van der Waals surface area contributed by atoms with Gasteiger partial charge in [-0.15, -0.1) is 6.58 Å². The van der Waals surface area contributed by atoms with Gasteiger partial charge in [0.2, 0.25) is 0 Å². The fraction of sp³-hybridized carbons (Fsp3) is 0.567. The van der Waals surface area contributed by atoms with E-state index in [1.807, 2.05) is 39.1 Å². The Hall–Kier alpha value is -1.89. The first-order valence-corrected chi connectivity index (χ1v) is 12.5. The number of pyridine rings is 1. The Morgan fingerprint density at radius 1 is 0.935 bits per heavy atom. The second-order valence-corrected chi connectivity index (χ2v) is 8.59. The molecule has 174 valence electrons. The SMILES string of the molecule is C=C(C)c1ccc(C)nc1.C=CC.CCCC1=CCCCC1.CCCC1=CCCCC1. The summed E-state index contributed by atoms with van der Waals surface area (Å²) in [5.74, 6) is 0. The van der Waals surface area contributed by atoms with Crippen molar-refractivity contribution in [1.82, 2.24) is 4.98 Å². The Bertz CT molecular complexity index is 617. The van der Waals surface area contributed by atoms with Crippen molar-refractivity contribution in [1.29, 1.82) is 0 Å². The van der Waals surface area contributed by atoms with E-state index in [9.17, 15) is 0 Å². The maximum Gasteiger partial charge on any atom is 0.0373 e. The molecule has 0 unspecified atom stereocenters. The quantitative estimate of drug-likeness (QED) is 0.429. The third kappa shape index (κ3) is 16.5. The standard InChI is InChI=1S/C9H11N.2C9H16.C3H6/c1-7(2)9-5-4-8(3)10-6-9;2*1-2-6-9-7-4-3-5-8-9;1-3-2/h4-6H,1H2,2-3H3;2*7H,2-6,8H2,1H3;3H,1H2,2H3. The second-order valence-electron chi connectivity index (χ2n) is 8.59. The maximum atomic E-state index is 4.14. The lowest BCUT2D eigenvalue weighted by Crippen LogP contribution is -1.90. The van der Waals surface area contributed by atoms with Gasteiger partial charge in [0.05, 0.1) is 0 Å². The van der Waals surface area contributed by atoms with Gasteiger partial charge in [0.15, 0.2) is 0 Å². The van der Waals surface area contributed by atoms with Crippen LogP contribution in [0.3, 0.4) is 0 Å². The van der Waals surface area contributed by atoms with Crippen molar-refractivity contribution >= 4 is 5.57 Å². The summed E-state index contributed by atoms with van der Waals surface area (Å²) in [6.07, 6.45) is 25.0. The van der Waals surface area contributed by atoms with Crippen molar-refractivity contribution < 1.29 is 0 Å². The summed E-state index contributed by atoms with van der Waals surface area (Å²) in [7, 11) is 0. The molecule has 0 bridgehead atoms. The summed E-state index contributed by atoms with van der Waals surface area (Å²) in [5, 5.41) is 0. The predicted octanol–water partition coefficient (Wildman–Crippen LogP) is 10.2. The number of hydrogen-bond donors (Lipinski definition) is 0. The summed E-state index contributed by atoms with van der Waals surface area (Å²) in [6, 6.07) is 4.02. The fourth-order valence-corrected chi connectivity index (χ4v) is 3.63. The fourth-order valence-electron chi connectivity index (χ4n) is 3.63. The monoisotopic (exact) mass is 423 g/mol. The summed E-state index contributed by atoms with van der Waals surface area (Å²) >= 11 is 0. The molecule has 1 nitrogen and oxygen atoms in total. The molecule has 31 heavy (non-hydrogen) atoms. The highest BCUT2D eigenvalue weighted by Gasteiger charge is 2.01. The zero-order chi connectivity index (χ0) is 23.3. The summed E-state index contributed by atoms with van der Waals surface area (Å²) in [4.78, 5) is 4.14. The van der Waals surface area contributed by atoms with E-state index >= 15 is 0 Å². The zero-order valence-corrected chi connectivity index (χ0v) is 21.3. The molecule has 0 aliphatic heterocycles. The molecule has 0 fully saturated rings. The van der Waals surface area contributed by atoms with Gasteiger partial charge in [-0.2, -0.15) is 0 Å². The predicted molar refractivity (Wildman–Crippen MR) is 142 cm³/mol. The van der Waals surface area contributed by atoms with Crippen molar-refractivity contribution in [2.24, 2.45) is 0 Å². The van der Waals surface area contributed by atoms with E-state index in [1.54, 1.807) is 17.2 Å². The lowest BCUT2D eigenvalue weighted by atomic mass is 9.96. The molecule has 0 radical (unpaired) electrons. The van der Waals surface area contributed by atoms with Crippen molar-refractivity contribution in [2.45, 2.75) is 112 Å². The first kappa shape index (κ1) is 29.1. The molecule has 0 N–H and O–H groups in total. The molecule has 1 aromatic rings. The number of aromatic nitrogens is 1. The van der Waals surface area contributed by atoms with Gasteiger partial charge in [0, 0.05) is 11.9 Å². The molecule has 0 saturated carbocycles. The molecule has 1 aromatic heterocycles. The number of nitrogens with zero attached hydrogens (tertiary/aromatic N) is 1. The smallest absolute Gasteiger partial charge is 0.0373 e. The lowest BCUT2D eigenvalue weighted by molar-refractivity contribution is 0.670. The summed E-state index contributed by atoms with van der Waals surface area (Å²) < 4.78 is 0. The molecule has 0 amide bonds. The minimum Gasteiger partial charge on any atom is -0.261 e. The first-order chi connectivity index (χ1) is 15.0. The molecule has 2 aliphatic rings. The third-order valence-electron chi connectivity index (χ3n) is 5.32. The van der Waals surface area contributed by atoms with Crippen molar-refractivity contribution in [3.63, 3.8) is 0 Å². The van der Waals surface area contributed by atoms with Crippen LogP contribution in [0.2, 0.25) is 0 Å². The highest BCUT2D eigenvalue weighted by Crippen LogP contribution is 2.21.